The summed E-state index contributed by atoms with van der Waals surface area (Å²) in [6, 6.07) is 10.4. The lowest BCUT2D eigenvalue weighted by Crippen LogP contribution is -2.48. The van der Waals surface area contributed by atoms with E-state index in [-0.39, 0.29) is 11.8 Å². The van der Waals surface area contributed by atoms with E-state index in [0.29, 0.717) is 0 Å². The van der Waals surface area contributed by atoms with Crippen LogP contribution in [0.2, 0.25) is 0 Å². The van der Waals surface area contributed by atoms with Gasteiger partial charge in [0.05, 0.1) is 9.88 Å². The second kappa shape index (κ2) is 8.67. The van der Waals surface area contributed by atoms with Gasteiger partial charge in [-0.3, -0.25) is 14.5 Å². The molecule has 156 valence electrons. The van der Waals surface area contributed by atoms with Gasteiger partial charge in [0.15, 0.2) is 0 Å². The highest BCUT2D eigenvalue weighted by Gasteiger charge is 2.26. The number of amides is 2. The Morgan fingerprint density at radius 3 is 2.31 bits per heavy atom. The van der Waals surface area contributed by atoms with Crippen LogP contribution in [-0.4, -0.2) is 47.8 Å². The van der Waals surface area contributed by atoms with Crippen molar-refractivity contribution in [2.75, 3.05) is 31.5 Å². The summed E-state index contributed by atoms with van der Waals surface area (Å²) in [7, 11) is 0. The highest BCUT2D eigenvalue weighted by Crippen LogP contribution is 2.29. The number of carbonyl (C=O) groups excluding carboxylic acids is 2. The zero-order chi connectivity index (χ0) is 21.2. The first kappa shape index (κ1) is 21.5. The lowest BCUT2D eigenvalue weighted by Gasteiger charge is -2.35. The van der Waals surface area contributed by atoms with Gasteiger partial charge in [0.25, 0.3) is 5.91 Å². The van der Waals surface area contributed by atoms with Crippen LogP contribution in [0.4, 0.5) is 5.00 Å². The summed E-state index contributed by atoms with van der Waals surface area (Å²) in [5.74, 6) is 0.0295. The molecule has 0 saturated carbocycles. The van der Waals surface area contributed by atoms with Crippen molar-refractivity contribution in [3.8, 4) is 0 Å². The van der Waals surface area contributed by atoms with Crippen molar-refractivity contribution >= 4 is 28.2 Å². The minimum absolute atomic E-state index is 0.0393. The van der Waals surface area contributed by atoms with E-state index >= 15 is 0 Å². The molecular weight excluding hydrogens is 382 g/mol. The van der Waals surface area contributed by atoms with Gasteiger partial charge in [0.1, 0.15) is 0 Å². The minimum Gasteiger partial charge on any atom is -0.335 e. The van der Waals surface area contributed by atoms with E-state index < -0.39 is 5.41 Å². The SMILES string of the molecule is Cc1ccccc1CN1CCN(C(=O)c2sc(NC(=O)C(C)(C)C)cc2C)CC1. The van der Waals surface area contributed by atoms with Crippen LogP contribution in [0.25, 0.3) is 0 Å². The van der Waals surface area contributed by atoms with E-state index in [9.17, 15) is 9.59 Å². The van der Waals surface area contributed by atoms with E-state index in [1.807, 2.05) is 38.7 Å². The molecule has 5 nitrogen and oxygen atoms in total. The maximum Gasteiger partial charge on any atom is 0.264 e. The van der Waals surface area contributed by atoms with E-state index in [1.165, 1.54) is 22.5 Å². The predicted octanol–water partition coefficient (Wildman–Crippen LogP) is 4.31. The Kier molecular flexibility index (Phi) is 6.44. The molecule has 0 bridgehead atoms. The lowest BCUT2D eigenvalue weighted by atomic mass is 9.96. The summed E-state index contributed by atoms with van der Waals surface area (Å²) < 4.78 is 0. The van der Waals surface area contributed by atoms with Gasteiger partial charge in [-0.1, -0.05) is 45.0 Å². The van der Waals surface area contributed by atoms with Crippen LogP contribution in [0.15, 0.2) is 30.3 Å². The number of nitrogens with zero attached hydrogens (tertiary/aromatic N) is 2. The molecule has 1 fully saturated rings. The van der Waals surface area contributed by atoms with Gasteiger partial charge in [-0.25, -0.2) is 0 Å². The fraction of sp³-hybridized carbons (Fsp3) is 0.478. The second-order valence-electron chi connectivity index (χ2n) is 8.82. The topological polar surface area (TPSA) is 52.6 Å². The molecule has 1 aliphatic rings. The summed E-state index contributed by atoms with van der Waals surface area (Å²) in [4.78, 5) is 30.3. The number of rotatable bonds is 4. The average Bonchev–Trinajstić information content (AvgIpc) is 3.03. The summed E-state index contributed by atoms with van der Waals surface area (Å²) in [5, 5.41) is 3.68. The number of anilines is 1. The number of piperazine rings is 1. The molecule has 1 aromatic carbocycles. The zero-order valence-corrected chi connectivity index (χ0v) is 18.9. The van der Waals surface area contributed by atoms with Crippen LogP contribution in [0.5, 0.6) is 0 Å². The van der Waals surface area contributed by atoms with E-state index in [4.69, 9.17) is 0 Å². The Labute approximate surface area is 177 Å². The van der Waals surface area contributed by atoms with E-state index in [2.05, 4.69) is 41.4 Å². The van der Waals surface area contributed by atoms with Gasteiger partial charge < -0.3 is 10.2 Å². The first-order valence-corrected chi connectivity index (χ1v) is 10.9. The molecule has 1 N–H and O–H groups in total. The van der Waals surface area contributed by atoms with Gasteiger partial charge in [0, 0.05) is 38.1 Å². The zero-order valence-electron chi connectivity index (χ0n) is 18.0. The van der Waals surface area contributed by atoms with Crippen LogP contribution in [-0.2, 0) is 11.3 Å². The Balaban J connectivity index is 1.59. The maximum atomic E-state index is 13.0. The van der Waals surface area contributed by atoms with Crippen molar-refractivity contribution in [1.82, 2.24) is 9.80 Å². The quantitative estimate of drug-likeness (QED) is 0.813. The van der Waals surface area contributed by atoms with Crippen molar-refractivity contribution in [2.45, 2.75) is 41.2 Å². The van der Waals surface area contributed by atoms with Crippen molar-refractivity contribution in [3.63, 3.8) is 0 Å². The van der Waals surface area contributed by atoms with Crippen LogP contribution >= 0.6 is 11.3 Å². The summed E-state index contributed by atoms with van der Waals surface area (Å²) in [6.07, 6.45) is 0. The Morgan fingerprint density at radius 2 is 1.69 bits per heavy atom. The monoisotopic (exact) mass is 413 g/mol. The molecule has 0 spiro atoms. The van der Waals surface area contributed by atoms with Gasteiger partial charge in [0.2, 0.25) is 5.91 Å². The number of hydrogen-bond donors (Lipinski definition) is 1. The molecule has 3 rings (SSSR count). The Morgan fingerprint density at radius 1 is 1.03 bits per heavy atom. The smallest absolute Gasteiger partial charge is 0.264 e. The Bertz CT molecular complexity index is 890. The molecule has 0 unspecified atom stereocenters. The third-order valence-corrected chi connectivity index (χ3v) is 6.49. The van der Waals surface area contributed by atoms with Crippen molar-refractivity contribution in [2.24, 2.45) is 5.41 Å². The molecule has 0 radical (unpaired) electrons. The number of aryl methyl sites for hydroxylation is 2. The first-order chi connectivity index (χ1) is 13.6. The van der Waals surface area contributed by atoms with Gasteiger partial charge in [-0.15, -0.1) is 11.3 Å². The number of benzene rings is 1. The molecule has 1 aromatic heterocycles. The maximum absolute atomic E-state index is 13.0. The predicted molar refractivity (Wildman–Crippen MR) is 120 cm³/mol. The molecule has 2 amide bonds. The molecule has 1 aliphatic heterocycles. The molecular formula is C23H31N3O2S. The van der Waals surface area contributed by atoms with Crippen LogP contribution in [0.1, 0.15) is 47.1 Å². The summed E-state index contributed by atoms with van der Waals surface area (Å²) >= 11 is 1.37. The molecule has 1 saturated heterocycles. The second-order valence-corrected chi connectivity index (χ2v) is 9.87. The third-order valence-electron chi connectivity index (χ3n) is 5.34. The van der Waals surface area contributed by atoms with Crippen molar-refractivity contribution in [3.05, 3.63) is 51.9 Å². The minimum atomic E-state index is -0.463. The lowest BCUT2D eigenvalue weighted by molar-refractivity contribution is -0.123. The third kappa shape index (κ3) is 5.25. The molecule has 0 aliphatic carbocycles. The van der Waals surface area contributed by atoms with Crippen LogP contribution < -0.4 is 5.32 Å². The van der Waals surface area contributed by atoms with E-state index in [0.717, 1.165) is 48.2 Å². The van der Waals surface area contributed by atoms with Crippen molar-refractivity contribution in [1.29, 1.82) is 0 Å². The van der Waals surface area contributed by atoms with Crippen LogP contribution in [0, 0.1) is 19.3 Å². The van der Waals surface area contributed by atoms with E-state index in [1.54, 1.807) is 0 Å². The number of hydrogen-bond acceptors (Lipinski definition) is 4. The summed E-state index contributed by atoms with van der Waals surface area (Å²) in [5.41, 5.74) is 3.12. The van der Waals surface area contributed by atoms with Gasteiger partial charge in [-0.2, -0.15) is 0 Å². The van der Waals surface area contributed by atoms with Gasteiger partial charge >= 0.3 is 0 Å². The fourth-order valence-corrected chi connectivity index (χ4v) is 4.37. The van der Waals surface area contributed by atoms with Crippen LogP contribution in [0.3, 0.4) is 0 Å². The first-order valence-electron chi connectivity index (χ1n) is 10.1. The average molecular weight is 414 g/mol. The molecule has 6 heteroatoms. The largest absolute Gasteiger partial charge is 0.335 e. The van der Waals surface area contributed by atoms with Crippen molar-refractivity contribution < 1.29 is 9.59 Å². The molecule has 2 heterocycles. The molecule has 2 aromatic rings. The van der Waals surface area contributed by atoms with Gasteiger partial charge in [-0.05, 0) is 36.6 Å². The molecule has 0 atom stereocenters. The number of nitrogens with one attached hydrogen (secondary N) is 1. The summed E-state index contributed by atoms with van der Waals surface area (Å²) in [6.45, 7) is 13.8. The highest BCUT2D eigenvalue weighted by molar-refractivity contribution is 7.18. The fourth-order valence-electron chi connectivity index (χ4n) is 3.34. The molecule has 29 heavy (non-hydrogen) atoms. The highest BCUT2D eigenvalue weighted by atomic mass is 32.1. The number of thiophene rings is 1. The standard InChI is InChI=1S/C23H31N3O2S/c1-16-8-6-7-9-18(16)15-25-10-12-26(13-11-25)21(27)20-17(2)14-19(29-20)24-22(28)23(3,4)5/h6-9,14H,10-13,15H2,1-5H3,(H,24,28). The Hall–Kier alpha value is -2.18. The normalized spacial score (nSPS) is 15.4. The number of carbonyl (C=O) groups is 2.